The maximum atomic E-state index is 5.81. The Morgan fingerprint density at radius 3 is 2.67 bits per heavy atom. The van der Waals surface area contributed by atoms with Crippen LogP contribution in [0.4, 0.5) is 0 Å². The van der Waals surface area contributed by atoms with E-state index >= 15 is 0 Å². The summed E-state index contributed by atoms with van der Waals surface area (Å²) < 4.78 is 11.2. The van der Waals surface area contributed by atoms with Gasteiger partial charge in [-0.15, -0.1) is 0 Å². The number of hydrogen-bond donors (Lipinski definition) is 0. The largest absolute Gasteiger partial charge is 0.353 e. The van der Waals surface area contributed by atoms with E-state index < -0.39 is 0 Å². The highest BCUT2D eigenvalue weighted by atomic mass is 16.7. The third-order valence-corrected chi connectivity index (χ3v) is 3.15. The summed E-state index contributed by atoms with van der Waals surface area (Å²) in [7, 11) is 0. The molecule has 3 heteroatoms. The Labute approximate surface area is 93.7 Å². The molecule has 0 spiro atoms. The zero-order valence-corrected chi connectivity index (χ0v) is 10.5. The van der Waals surface area contributed by atoms with Crippen LogP contribution in [0.25, 0.3) is 0 Å². The Bertz CT molecular complexity index is 175. The summed E-state index contributed by atoms with van der Waals surface area (Å²) in [6.45, 7) is 10.2. The average molecular weight is 215 g/mol. The highest BCUT2D eigenvalue weighted by Gasteiger charge is 2.28. The van der Waals surface area contributed by atoms with Gasteiger partial charge in [0.1, 0.15) is 6.23 Å². The zero-order chi connectivity index (χ0) is 11.3. The van der Waals surface area contributed by atoms with Crippen molar-refractivity contribution in [3.05, 3.63) is 0 Å². The first-order valence-corrected chi connectivity index (χ1v) is 6.21. The maximum absolute atomic E-state index is 5.81. The lowest BCUT2D eigenvalue weighted by molar-refractivity contribution is -0.192. The van der Waals surface area contributed by atoms with Crippen LogP contribution in [0.5, 0.6) is 0 Å². The highest BCUT2D eigenvalue weighted by Crippen LogP contribution is 2.23. The fourth-order valence-electron chi connectivity index (χ4n) is 2.40. The lowest BCUT2D eigenvalue weighted by atomic mass is 10.2. The van der Waals surface area contributed by atoms with Crippen molar-refractivity contribution in [3.8, 4) is 0 Å². The van der Waals surface area contributed by atoms with E-state index in [9.17, 15) is 0 Å². The molecule has 90 valence electrons. The third kappa shape index (κ3) is 3.74. The minimum atomic E-state index is -0.0943. The van der Waals surface area contributed by atoms with Gasteiger partial charge in [0.05, 0.1) is 0 Å². The Hall–Kier alpha value is -0.120. The predicted molar refractivity (Wildman–Crippen MR) is 61.7 cm³/mol. The van der Waals surface area contributed by atoms with Gasteiger partial charge >= 0.3 is 0 Å². The first kappa shape index (κ1) is 12.9. The molecule has 0 bridgehead atoms. The van der Waals surface area contributed by atoms with E-state index in [0.717, 1.165) is 0 Å². The van der Waals surface area contributed by atoms with E-state index in [1.165, 1.54) is 25.8 Å². The molecule has 0 amide bonds. The molecule has 0 aromatic heterocycles. The van der Waals surface area contributed by atoms with Crippen LogP contribution in [-0.2, 0) is 9.47 Å². The fourth-order valence-corrected chi connectivity index (χ4v) is 2.40. The maximum Gasteiger partial charge on any atom is 0.156 e. The molecule has 0 N–H and O–H groups in total. The van der Waals surface area contributed by atoms with Crippen molar-refractivity contribution < 1.29 is 9.47 Å². The van der Waals surface area contributed by atoms with E-state index in [4.69, 9.17) is 9.47 Å². The summed E-state index contributed by atoms with van der Waals surface area (Å²) in [5.41, 5.74) is 0. The molecule has 3 unspecified atom stereocenters. The van der Waals surface area contributed by atoms with Crippen LogP contribution < -0.4 is 0 Å². The van der Waals surface area contributed by atoms with Crippen molar-refractivity contribution in [2.24, 2.45) is 0 Å². The lowest BCUT2D eigenvalue weighted by Gasteiger charge is -2.31. The summed E-state index contributed by atoms with van der Waals surface area (Å²) in [5, 5.41) is 0. The van der Waals surface area contributed by atoms with Gasteiger partial charge in [0.25, 0.3) is 0 Å². The van der Waals surface area contributed by atoms with Crippen molar-refractivity contribution in [1.29, 1.82) is 0 Å². The Kier molecular flexibility index (Phi) is 5.58. The standard InChI is InChI=1S/C12H25NO2/c1-5-12-8-7-9-13(12)10(3)15-11(4)14-6-2/h10-12H,5-9H2,1-4H3. The molecule has 1 fully saturated rings. The summed E-state index contributed by atoms with van der Waals surface area (Å²) >= 11 is 0. The molecule has 3 atom stereocenters. The Balaban J connectivity index is 2.35. The summed E-state index contributed by atoms with van der Waals surface area (Å²) in [6.07, 6.45) is 3.92. The fraction of sp³-hybridized carbons (Fsp3) is 1.00. The number of likely N-dealkylation sites (tertiary alicyclic amines) is 1. The third-order valence-electron chi connectivity index (χ3n) is 3.15. The molecular formula is C12H25NO2. The van der Waals surface area contributed by atoms with E-state index in [0.29, 0.717) is 12.6 Å². The van der Waals surface area contributed by atoms with Crippen LogP contribution in [0.1, 0.15) is 47.0 Å². The minimum Gasteiger partial charge on any atom is -0.353 e. The monoisotopic (exact) mass is 215 g/mol. The smallest absolute Gasteiger partial charge is 0.156 e. The molecule has 0 radical (unpaired) electrons. The van der Waals surface area contributed by atoms with E-state index in [2.05, 4.69) is 18.7 Å². The van der Waals surface area contributed by atoms with E-state index in [1.54, 1.807) is 0 Å². The average Bonchev–Trinajstić information content (AvgIpc) is 2.65. The SMILES string of the molecule is CCOC(C)OC(C)N1CCCC1CC. The lowest BCUT2D eigenvalue weighted by Crippen LogP contribution is -2.40. The van der Waals surface area contributed by atoms with Gasteiger partial charge in [-0.2, -0.15) is 0 Å². The summed E-state index contributed by atoms with van der Waals surface area (Å²) in [6, 6.07) is 0.703. The van der Waals surface area contributed by atoms with Crippen LogP contribution >= 0.6 is 0 Å². The molecule has 0 saturated carbocycles. The van der Waals surface area contributed by atoms with Gasteiger partial charge < -0.3 is 9.47 Å². The summed E-state index contributed by atoms with van der Waals surface area (Å²) in [4.78, 5) is 2.45. The summed E-state index contributed by atoms with van der Waals surface area (Å²) in [5.74, 6) is 0. The van der Waals surface area contributed by atoms with Crippen LogP contribution in [0.3, 0.4) is 0 Å². The number of hydrogen-bond acceptors (Lipinski definition) is 3. The molecule has 3 nitrogen and oxygen atoms in total. The molecule has 1 aliphatic heterocycles. The topological polar surface area (TPSA) is 21.7 Å². The predicted octanol–water partition coefficient (Wildman–Crippen LogP) is 2.61. The quantitative estimate of drug-likeness (QED) is 0.636. The molecule has 15 heavy (non-hydrogen) atoms. The van der Waals surface area contributed by atoms with E-state index in [-0.39, 0.29) is 12.5 Å². The van der Waals surface area contributed by atoms with Crippen molar-refractivity contribution in [1.82, 2.24) is 4.90 Å². The van der Waals surface area contributed by atoms with Crippen LogP contribution in [0, 0.1) is 0 Å². The van der Waals surface area contributed by atoms with Crippen LogP contribution in [0.2, 0.25) is 0 Å². The first-order chi connectivity index (χ1) is 7.19. The molecule has 0 aromatic rings. The van der Waals surface area contributed by atoms with Gasteiger partial charge in [-0.25, -0.2) is 0 Å². The van der Waals surface area contributed by atoms with Crippen LogP contribution in [-0.4, -0.2) is 36.6 Å². The second kappa shape index (κ2) is 6.46. The van der Waals surface area contributed by atoms with Gasteiger partial charge in [-0.05, 0) is 40.0 Å². The van der Waals surface area contributed by atoms with Crippen molar-refractivity contribution in [2.75, 3.05) is 13.2 Å². The number of rotatable bonds is 6. The molecule has 0 aliphatic carbocycles. The molecule has 1 aliphatic rings. The number of ether oxygens (including phenoxy) is 2. The Morgan fingerprint density at radius 2 is 2.07 bits per heavy atom. The number of nitrogens with zero attached hydrogens (tertiary/aromatic N) is 1. The molecule has 1 saturated heterocycles. The molecule has 0 aromatic carbocycles. The molecule has 1 rings (SSSR count). The first-order valence-electron chi connectivity index (χ1n) is 6.21. The van der Waals surface area contributed by atoms with Crippen molar-refractivity contribution >= 4 is 0 Å². The van der Waals surface area contributed by atoms with Gasteiger partial charge in [0.15, 0.2) is 6.29 Å². The van der Waals surface area contributed by atoms with Crippen molar-refractivity contribution in [2.45, 2.75) is 65.5 Å². The van der Waals surface area contributed by atoms with E-state index in [1.807, 2.05) is 13.8 Å². The van der Waals surface area contributed by atoms with Gasteiger partial charge in [-0.3, -0.25) is 4.90 Å². The zero-order valence-electron chi connectivity index (χ0n) is 10.5. The van der Waals surface area contributed by atoms with Crippen molar-refractivity contribution in [3.63, 3.8) is 0 Å². The molecular weight excluding hydrogens is 190 g/mol. The second-order valence-electron chi connectivity index (χ2n) is 4.20. The van der Waals surface area contributed by atoms with Gasteiger partial charge in [0, 0.05) is 19.2 Å². The highest BCUT2D eigenvalue weighted by molar-refractivity contribution is 4.78. The molecule has 1 heterocycles. The van der Waals surface area contributed by atoms with Crippen LogP contribution in [0.15, 0.2) is 0 Å². The van der Waals surface area contributed by atoms with Gasteiger partial charge in [-0.1, -0.05) is 6.92 Å². The normalized spacial score (nSPS) is 26.8. The minimum absolute atomic E-state index is 0.0943. The van der Waals surface area contributed by atoms with Gasteiger partial charge in [0.2, 0.25) is 0 Å². The second-order valence-corrected chi connectivity index (χ2v) is 4.20. The Morgan fingerprint density at radius 1 is 1.33 bits per heavy atom.